The molecule has 1 fully saturated rings. The van der Waals surface area contributed by atoms with Crippen molar-refractivity contribution in [3.8, 4) is 0 Å². The molecule has 1 saturated heterocycles. The van der Waals surface area contributed by atoms with Gasteiger partial charge in [0.05, 0.1) is 23.2 Å². The molecule has 1 aliphatic heterocycles. The van der Waals surface area contributed by atoms with Gasteiger partial charge >= 0.3 is 0 Å². The number of carbonyl (C=O) groups excluding carboxylic acids is 2. The summed E-state index contributed by atoms with van der Waals surface area (Å²) in [7, 11) is 0. The predicted molar refractivity (Wildman–Crippen MR) is 87.1 cm³/mol. The first-order chi connectivity index (χ1) is 11.0. The maximum Gasteiger partial charge on any atom is 0.255 e. The molecule has 1 unspecified atom stereocenters. The SMILES string of the molecule is CC(C)NC(=O)C1CCCN(C(=O)c2cnc3nsnc3c2)C1. The number of likely N-dealkylation sites (tertiary alicyclic amines) is 1. The van der Waals surface area contributed by atoms with Gasteiger partial charge in [0.25, 0.3) is 5.91 Å². The van der Waals surface area contributed by atoms with Crippen molar-refractivity contribution in [3.63, 3.8) is 0 Å². The summed E-state index contributed by atoms with van der Waals surface area (Å²) in [4.78, 5) is 30.7. The van der Waals surface area contributed by atoms with Crippen molar-refractivity contribution >= 4 is 34.7 Å². The van der Waals surface area contributed by atoms with Gasteiger partial charge < -0.3 is 10.2 Å². The molecule has 2 aromatic rings. The van der Waals surface area contributed by atoms with Gasteiger partial charge in [-0.1, -0.05) is 0 Å². The molecule has 0 spiro atoms. The number of pyridine rings is 1. The van der Waals surface area contributed by atoms with Crippen LogP contribution in [0.4, 0.5) is 0 Å². The normalized spacial score (nSPS) is 18.4. The van der Waals surface area contributed by atoms with Crippen LogP contribution in [0.15, 0.2) is 12.3 Å². The van der Waals surface area contributed by atoms with Gasteiger partial charge in [-0.05, 0) is 32.8 Å². The van der Waals surface area contributed by atoms with E-state index < -0.39 is 0 Å². The molecule has 3 rings (SSSR count). The van der Waals surface area contributed by atoms with Crippen molar-refractivity contribution in [3.05, 3.63) is 17.8 Å². The number of amides is 2. The van der Waals surface area contributed by atoms with E-state index in [-0.39, 0.29) is 23.8 Å². The predicted octanol–water partition coefficient (Wildman–Crippen LogP) is 1.46. The van der Waals surface area contributed by atoms with Crippen molar-refractivity contribution in [2.45, 2.75) is 32.7 Å². The maximum absolute atomic E-state index is 12.7. The van der Waals surface area contributed by atoms with E-state index >= 15 is 0 Å². The Balaban J connectivity index is 1.72. The molecule has 1 atom stereocenters. The summed E-state index contributed by atoms with van der Waals surface area (Å²) >= 11 is 1.08. The van der Waals surface area contributed by atoms with E-state index in [2.05, 4.69) is 19.0 Å². The van der Waals surface area contributed by atoms with E-state index in [1.165, 1.54) is 6.20 Å². The third-order valence-corrected chi connectivity index (χ3v) is 4.40. The highest BCUT2D eigenvalue weighted by Gasteiger charge is 2.29. The minimum absolute atomic E-state index is 0.0229. The van der Waals surface area contributed by atoms with E-state index in [4.69, 9.17) is 0 Å². The molecule has 2 aromatic heterocycles. The third kappa shape index (κ3) is 3.47. The number of fused-ring (bicyclic) bond motifs is 1. The smallest absolute Gasteiger partial charge is 0.255 e. The summed E-state index contributed by atoms with van der Waals surface area (Å²) < 4.78 is 8.15. The molecule has 0 aromatic carbocycles. The Morgan fingerprint density at radius 1 is 1.39 bits per heavy atom. The van der Waals surface area contributed by atoms with Crippen LogP contribution in [-0.2, 0) is 4.79 Å². The third-order valence-electron chi connectivity index (χ3n) is 3.87. The number of nitrogens with one attached hydrogen (secondary N) is 1. The lowest BCUT2D eigenvalue weighted by Gasteiger charge is -2.32. The van der Waals surface area contributed by atoms with E-state index in [0.29, 0.717) is 29.8 Å². The fourth-order valence-corrected chi connectivity index (χ4v) is 3.25. The summed E-state index contributed by atoms with van der Waals surface area (Å²) in [5, 5.41) is 2.93. The second-order valence-electron chi connectivity index (χ2n) is 6.08. The molecule has 7 nitrogen and oxygen atoms in total. The molecule has 8 heteroatoms. The molecule has 0 radical (unpaired) electrons. The lowest BCUT2D eigenvalue weighted by Crippen LogP contribution is -2.46. The van der Waals surface area contributed by atoms with Gasteiger partial charge in [0, 0.05) is 25.3 Å². The van der Waals surface area contributed by atoms with Crippen LogP contribution in [0, 0.1) is 5.92 Å². The first-order valence-corrected chi connectivity index (χ1v) is 8.45. The van der Waals surface area contributed by atoms with Gasteiger partial charge in [0.2, 0.25) is 5.91 Å². The minimum atomic E-state index is -0.146. The van der Waals surface area contributed by atoms with Gasteiger partial charge in [-0.25, -0.2) is 4.98 Å². The van der Waals surface area contributed by atoms with Crippen LogP contribution in [-0.4, -0.2) is 49.6 Å². The molecule has 0 bridgehead atoms. The van der Waals surface area contributed by atoms with Crippen LogP contribution in [0.2, 0.25) is 0 Å². The molecular weight excluding hydrogens is 314 g/mol. The van der Waals surface area contributed by atoms with Crippen LogP contribution in [0.5, 0.6) is 0 Å². The van der Waals surface area contributed by atoms with Crippen LogP contribution in [0.3, 0.4) is 0 Å². The minimum Gasteiger partial charge on any atom is -0.354 e. The lowest BCUT2D eigenvalue weighted by atomic mass is 9.96. The zero-order valence-corrected chi connectivity index (χ0v) is 14.0. The van der Waals surface area contributed by atoms with Crippen LogP contribution in [0.1, 0.15) is 37.0 Å². The molecular formula is C15H19N5O2S. The molecule has 1 aliphatic rings. The average molecular weight is 333 g/mol. The van der Waals surface area contributed by atoms with Gasteiger partial charge in [-0.2, -0.15) is 8.75 Å². The standard InChI is InChI=1S/C15H19N5O2S/c1-9(2)17-14(21)10-4-3-5-20(8-10)15(22)11-6-12-13(16-7-11)19-23-18-12/h6-7,9-10H,3-5,8H2,1-2H3,(H,17,21). The maximum atomic E-state index is 12.7. The number of rotatable bonds is 3. The average Bonchev–Trinajstić information content (AvgIpc) is 3.01. The van der Waals surface area contributed by atoms with Gasteiger partial charge in [-0.3, -0.25) is 9.59 Å². The molecule has 23 heavy (non-hydrogen) atoms. The Morgan fingerprint density at radius 3 is 3.00 bits per heavy atom. The Labute approximate surface area is 138 Å². The number of piperidine rings is 1. The van der Waals surface area contributed by atoms with Crippen LogP contribution < -0.4 is 5.32 Å². The van der Waals surface area contributed by atoms with Gasteiger partial charge in [0.15, 0.2) is 5.65 Å². The molecule has 3 heterocycles. The first-order valence-electron chi connectivity index (χ1n) is 7.72. The van der Waals surface area contributed by atoms with E-state index in [1.807, 2.05) is 13.8 Å². The second-order valence-corrected chi connectivity index (χ2v) is 6.61. The largest absolute Gasteiger partial charge is 0.354 e. The van der Waals surface area contributed by atoms with Crippen molar-refractivity contribution < 1.29 is 9.59 Å². The topological polar surface area (TPSA) is 88.1 Å². The number of aromatic nitrogens is 3. The zero-order valence-electron chi connectivity index (χ0n) is 13.2. The number of nitrogens with zero attached hydrogens (tertiary/aromatic N) is 4. The van der Waals surface area contributed by atoms with E-state index in [9.17, 15) is 9.59 Å². The fourth-order valence-electron chi connectivity index (χ4n) is 2.76. The van der Waals surface area contributed by atoms with Gasteiger partial charge in [-0.15, -0.1) is 0 Å². The van der Waals surface area contributed by atoms with Crippen LogP contribution in [0.25, 0.3) is 11.2 Å². The number of hydrogen-bond acceptors (Lipinski definition) is 6. The summed E-state index contributed by atoms with van der Waals surface area (Å²) in [6, 6.07) is 1.82. The van der Waals surface area contributed by atoms with Crippen molar-refractivity contribution in [2.24, 2.45) is 5.92 Å². The van der Waals surface area contributed by atoms with Crippen LogP contribution >= 0.6 is 11.7 Å². The Hall–Kier alpha value is -2.09. The van der Waals surface area contributed by atoms with Gasteiger partial charge in [0.1, 0.15) is 5.52 Å². The Kier molecular flexibility index (Phi) is 4.51. The summed E-state index contributed by atoms with van der Waals surface area (Å²) in [6.45, 7) is 4.99. The molecule has 0 aliphatic carbocycles. The van der Waals surface area contributed by atoms with Crippen molar-refractivity contribution in [1.82, 2.24) is 23.9 Å². The van der Waals surface area contributed by atoms with Crippen molar-refractivity contribution in [2.75, 3.05) is 13.1 Å². The summed E-state index contributed by atoms with van der Waals surface area (Å²) in [5.41, 5.74) is 1.68. The zero-order chi connectivity index (χ0) is 16.4. The second kappa shape index (κ2) is 6.57. The molecule has 2 amide bonds. The lowest BCUT2D eigenvalue weighted by molar-refractivity contribution is -0.126. The number of carbonyl (C=O) groups is 2. The Bertz CT molecular complexity index is 729. The highest BCUT2D eigenvalue weighted by Crippen LogP contribution is 2.20. The van der Waals surface area contributed by atoms with E-state index in [0.717, 1.165) is 24.6 Å². The van der Waals surface area contributed by atoms with Crippen molar-refractivity contribution in [1.29, 1.82) is 0 Å². The number of hydrogen-bond donors (Lipinski definition) is 1. The molecule has 122 valence electrons. The quantitative estimate of drug-likeness (QED) is 0.919. The monoisotopic (exact) mass is 333 g/mol. The first kappa shape index (κ1) is 15.8. The summed E-state index contributed by atoms with van der Waals surface area (Å²) in [6.07, 6.45) is 3.18. The highest BCUT2D eigenvalue weighted by atomic mass is 32.1. The highest BCUT2D eigenvalue weighted by molar-refractivity contribution is 7.00. The summed E-state index contributed by atoms with van der Waals surface area (Å²) in [5.74, 6) is -0.225. The fraction of sp³-hybridized carbons (Fsp3) is 0.533. The van der Waals surface area contributed by atoms with E-state index in [1.54, 1.807) is 11.0 Å². The molecule has 1 N–H and O–H groups in total. The molecule has 0 saturated carbocycles. The Morgan fingerprint density at radius 2 is 2.22 bits per heavy atom.